The van der Waals surface area contributed by atoms with Crippen molar-refractivity contribution in [3.8, 4) is 5.75 Å². The number of hydrogen-bond acceptors (Lipinski definition) is 22. The lowest BCUT2D eigenvalue weighted by Gasteiger charge is -2.28. The Morgan fingerprint density at radius 1 is 0.433 bits per heavy atom. The van der Waals surface area contributed by atoms with E-state index in [4.69, 9.17) is 102 Å². The van der Waals surface area contributed by atoms with E-state index in [0.717, 1.165) is 11.1 Å². The molecule has 0 radical (unpaired) electrons. The molecule has 0 amide bonds. The van der Waals surface area contributed by atoms with Crippen LogP contribution in [-0.2, 0) is 15.6 Å². The van der Waals surface area contributed by atoms with Gasteiger partial charge in [0, 0.05) is 5.56 Å². The van der Waals surface area contributed by atoms with Gasteiger partial charge >= 0.3 is 5.97 Å². The molecule has 0 saturated carbocycles. The molecule has 0 aliphatic rings. The van der Waals surface area contributed by atoms with E-state index in [1.807, 2.05) is 32.9 Å². The maximum atomic E-state index is 11.3. The molecule has 1 rings (SSSR count). The third kappa shape index (κ3) is 30.7. The van der Waals surface area contributed by atoms with E-state index < -0.39 is 139 Å². The van der Waals surface area contributed by atoms with Crippen LogP contribution in [0.3, 0.4) is 0 Å². The van der Waals surface area contributed by atoms with Crippen molar-refractivity contribution in [2.45, 2.75) is 126 Å². The van der Waals surface area contributed by atoms with Crippen LogP contribution in [0.15, 0.2) is 12.1 Å². The Morgan fingerprint density at radius 2 is 0.633 bits per heavy atom. The Morgan fingerprint density at radius 3 is 0.767 bits per heavy atom. The lowest BCUT2D eigenvalue weighted by Crippen LogP contribution is -2.31. The summed E-state index contributed by atoms with van der Waals surface area (Å²) in [4.78, 5) is 11.3. The van der Waals surface area contributed by atoms with Gasteiger partial charge in [0.25, 0.3) is 0 Å². The van der Waals surface area contributed by atoms with Gasteiger partial charge in [0.15, 0.2) is 0 Å². The molecule has 1 unspecified atom stereocenters. The van der Waals surface area contributed by atoms with E-state index in [9.17, 15) is 15.0 Å². The number of benzene rings is 1. The molecule has 60 heavy (non-hydrogen) atoms. The molecular weight excluding hydrogens is 812 g/mol. The molecule has 22 N–H and O–H groups in total. The molecule has 1 aromatic rings. The fraction of sp³-hybridized carbons (Fsp3) is 0.811. The Balaban J connectivity index is -0.000000215. The van der Waals surface area contributed by atoms with Crippen molar-refractivity contribution in [1.82, 2.24) is 0 Å². The van der Waals surface area contributed by atoms with Crippen molar-refractivity contribution in [3.05, 3.63) is 28.8 Å². The summed E-state index contributed by atoms with van der Waals surface area (Å²) in [6.45, 7) is 8.65. The third-order valence-electron chi connectivity index (χ3n) is 7.74. The monoisotopic (exact) mass is 888 g/mol. The number of aliphatic carboxylic acids is 1. The number of hydrogen-bond donors (Lipinski definition) is 22. The van der Waals surface area contributed by atoms with Gasteiger partial charge in [0.05, 0.1) is 72.0 Å². The van der Waals surface area contributed by atoms with Gasteiger partial charge < -0.3 is 112 Å². The van der Waals surface area contributed by atoms with Crippen LogP contribution in [0.5, 0.6) is 5.75 Å². The Bertz CT molecular complexity index is 1030. The van der Waals surface area contributed by atoms with Crippen LogP contribution in [0.2, 0.25) is 0 Å². The average molecular weight is 889 g/mol. The Kier molecular flexibility index (Phi) is 40.3. The molecule has 0 bridgehead atoms. The van der Waals surface area contributed by atoms with Gasteiger partial charge in [-0.15, -0.1) is 0 Å². The van der Waals surface area contributed by atoms with Crippen LogP contribution in [-0.4, -0.2) is 245 Å². The van der Waals surface area contributed by atoms with Gasteiger partial charge in [-0.1, -0.05) is 53.7 Å². The SMILES string of the molecule is CC(C(=O)O)c1cc(C(C)(C)C)cc(C(C)(C)C)c1O.OC[C@@H](O)[C@@H](O)CO.OC[C@@H](O)[C@@H](O)CO.OC[C@@H](O)[C@@H](O)CO.OC[C@@H](O)[C@@H](O)CO.OC[C@@H](O)[C@@H](O)CO. The highest BCUT2D eigenvalue weighted by Crippen LogP contribution is 2.40. The normalized spacial score (nSPS) is 16.7. The zero-order chi connectivity index (χ0) is 48.7. The first-order valence-corrected chi connectivity index (χ1v) is 18.5. The topological polar surface area (TPSA) is 462 Å². The summed E-state index contributed by atoms with van der Waals surface area (Å²) < 4.78 is 0. The highest BCUT2D eigenvalue weighted by Gasteiger charge is 2.28. The van der Waals surface area contributed by atoms with Gasteiger partial charge in [-0.05, 0) is 28.9 Å². The van der Waals surface area contributed by atoms with E-state index in [-0.39, 0.29) is 16.6 Å². The summed E-state index contributed by atoms with van der Waals surface area (Å²) >= 11 is 0. The van der Waals surface area contributed by atoms with Crippen LogP contribution < -0.4 is 0 Å². The minimum atomic E-state index is -1.22. The smallest absolute Gasteiger partial charge is 0.310 e. The van der Waals surface area contributed by atoms with Crippen molar-refractivity contribution in [1.29, 1.82) is 0 Å². The Hall–Kier alpha value is -2.31. The van der Waals surface area contributed by atoms with Crippen molar-refractivity contribution in [3.63, 3.8) is 0 Å². The zero-order valence-corrected chi connectivity index (χ0v) is 35.3. The minimum absolute atomic E-state index is 0.0966. The van der Waals surface area contributed by atoms with E-state index in [0.29, 0.717) is 5.56 Å². The number of carbonyl (C=O) groups is 1. The van der Waals surface area contributed by atoms with Crippen molar-refractivity contribution >= 4 is 5.97 Å². The van der Waals surface area contributed by atoms with Gasteiger partial charge in [0.2, 0.25) is 0 Å². The van der Waals surface area contributed by atoms with E-state index in [1.165, 1.54) is 0 Å². The molecule has 0 aliphatic carbocycles. The summed E-state index contributed by atoms with van der Waals surface area (Å²) in [6, 6.07) is 3.82. The molecule has 0 spiro atoms. The third-order valence-corrected chi connectivity index (χ3v) is 7.74. The standard InChI is InChI=1S/C17H26O3.5C4H10O4/c1-10(15(19)20)12-8-11(16(2,3)4)9-13(14(12)18)17(5,6)7;5*5-1-3(7)4(8)2-6/h8-10,18H,1-7H3,(H,19,20);5*3-8H,1-2H2/t;5*3-,4+. The minimum Gasteiger partial charge on any atom is -0.507 e. The summed E-state index contributed by atoms with van der Waals surface area (Å²) in [5, 5.41) is 186. The van der Waals surface area contributed by atoms with E-state index in [1.54, 1.807) is 6.92 Å². The summed E-state index contributed by atoms with van der Waals surface area (Å²) in [5.74, 6) is -1.54. The van der Waals surface area contributed by atoms with Gasteiger partial charge in [-0.2, -0.15) is 0 Å². The zero-order valence-electron chi connectivity index (χ0n) is 35.3. The van der Waals surface area contributed by atoms with Crippen LogP contribution in [0.4, 0.5) is 0 Å². The number of aliphatic hydroxyl groups is 20. The maximum Gasteiger partial charge on any atom is 0.310 e. The summed E-state index contributed by atoms with van der Waals surface area (Å²) in [5.41, 5.74) is 2.00. The molecule has 11 atom stereocenters. The van der Waals surface area contributed by atoms with Crippen LogP contribution in [0.1, 0.15) is 71.1 Å². The largest absolute Gasteiger partial charge is 0.507 e. The molecule has 0 aromatic heterocycles. The van der Waals surface area contributed by atoms with Crippen LogP contribution >= 0.6 is 0 Å². The first kappa shape index (κ1) is 66.8. The number of rotatable bonds is 17. The molecule has 362 valence electrons. The second kappa shape index (κ2) is 36.2. The molecule has 0 saturated heterocycles. The molecule has 1 aromatic carbocycles. The first-order chi connectivity index (χ1) is 27.4. The number of aromatic hydroxyl groups is 1. The number of carboxylic acids is 1. The van der Waals surface area contributed by atoms with Gasteiger partial charge in [0.1, 0.15) is 66.8 Å². The predicted molar refractivity (Wildman–Crippen MR) is 212 cm³/mol. The summed E-state index contributed by atoms with van der Waals surface area (Å²) in [6.07, 6.45) is -12.2. The van der Waals surface area contributed by atoms with Crippen LogP contribution in [0, 0.1) is 0 Å². The molecule has 23 heteroatoms. The number of phenols is 1. The van der Waals surface area contributed by atoms with Gasteiger partial charge in [-0.3, -0.25) is 4.79 Å². The quantitative estimate of drug-likeness (QED) is 0.0691. The molecule has 0 fully saturated rings. The number of aliphatic hydroxyl groups excluding tert-OH is 20. The lowest BCUT2D eigenvalue weighted by molar-refractivity contribution is -0.138. The molecule has 0 heterocycles. The van der Waals surface area contributed by atoms with E-state index in [2.05, 4.69) is 20.8 Å². The molecular formula is C37H76O23. The second-order valence-electron chi connectivity index (χ2n) is 15.0. The second-order valence-corrected chi connectivity index (χ2v) is 15.0. The van der Waals surface area contributed by atoms with Crippen molar-refractivity contribution in [2.75, 3.05) is 66.1 Å². The maximum absolute atomic E-state index is 11.3. The average Bonchev–Trinajstić information content (AvgIpc) is 3.23. The highest BCUT2D eigenvalue weighted by atomic mass is 16.4. The van der Waals surface area contributed by atoms with Crippen LogP contribution in [0.25, 0.3) is 0 Å². The summed E-state index contributed by atoms with van der Waals surface area (Å²) in [7, 11) is 0. The predicted octanol–water partition coefficient (Wildman–Crippen LogP) is -7.36. The molecule has 0 aliphatic heterocycles. The van der Waals surface area contributed by atoms with Crippen molar-refractivity contribution in [2.24, 2.45) is 0 Å². The first-order valence-electron chi connectivity index (χ1n) is 18.5. The lowest BCUT2D eigenvalue weighted by atomic mass is 9.77. The van der Waals surface area contributed by atoms with E-state index >= 15 is 0 Å². The van der Waals surface area contributed by atoms with Crippen molar-refractivity contribution < 1.29 is 117 Å². The number of phenolic OH excluding ortho intramolecular Hbond substituents is 1. The fourth-order valence-electron chi connectivity index (χ4n) is 3.34. The Labute approximate surface area is 349 Å². The van der Waals surface area contributed by atoms with Gasteiger partial charge in [-0.25, -0.2) is 0 Å². The number of carboxylic acid groups (broad SMARTS) is 1. The fourth-order valence-corrected chi connectivity index (χ4v) is 3.34. The highest BCUT2D eigenvalue weighted by molar-refractivity contribution is 5.77. The molecule has 23 nitrogen and oxygen atoms in total.